The summed E-state index contributed by atoms with van der Waals surface area (Å²) in [6.07, 6.45) is 1.80. The van der Waals surface area contributed by atoms with Gasteiger partial charge in [-0.25, -0.2) is 15.8 Å². The lowest BCUT2D eigenvalue weighted by atomic mass is 9.97. The topological polar surface area (TPSA) is 84.1 Å². The van der Waals surface area contributed by atoms with Crippen LogP contribution in [0.5, 0.6) is 0 Å². The summed E-state index contributed by atoms with van der Waals surface area (Å²) in [5.41, 5.74) is 4.16. The van der Waals surface area contributed by atoms with Gasteiger partial charge >= 0.3 is 0 Å². The summed E-state index contributed by atoms with van der Waals surface area (Å²) >= 11 is 0. The highest BCUT2D eigenvalue weighted by Gasteiger charge is 2.26. The standard InChI is InChI=1S/C17H21N5O/c1-12-10-15(20-16(19-12)13-6-3-2-4-7-13)22-9-5-8-14(11-22)17(23)21-18/h2-4,6-7,10,14H,5,8-9,11,18H2,1H3,(H,21,23)/t14-/m0/s1. The maximum absolute atomic E-state index is 11.8. The quantitative estimate of drug-likeness (QED) is 0.511. The largest absolute Gasteiger partial charge is 0.356 e. The number of nitrogens with zero attached hydrogens (tertiary/aromatic N) is 3. The number of rotatable bonds is 3. The number of nitrogens with one attached hydrogen (secondary N) is 1. The first-order valence-electron chi connectivity index (χ1n) is 7.84. The normalized spacial score (nSPS) is 17.8. The van der Waals surface area contributed by atoms with Crippen LogP contribution in [0.25, 0.3) is 11.4 Å². The number of nitrogens with two attached hydrogens (primary N) is 1. The van der Waals surface area contributed by atoms with Crippen molar-refractivity contribution in [3.05, 3.63) is 42.1 Å². The molecule has 1 fully saturated rings. The molecule has 1 aliphatic rings. The molecule has 0 spiro atoms. The molecule has 2 aromatic rings. The van der Waals surface area contributed by atoms with E-state index in [4.69, 9.17) is 10.8 Å². The summed E-state index contributed by atoms with van der Waals surface area (Å²) in [5.74, 6) is 6.65. The van der Waals surface area contributed by atoms with Crippen molar-refractivity contribution in [3.8, 4) is 11.4 Å². The number of anilines is 1. The molecule has 3 N–H and O–H groups in total. The maximum Gasteiger partial charge on any atom is 0.238 e. The van der Waals surface area contributed by atoms with Gasteiger partial charge in [0.1, 0.15) is 5.82 Å². The highest BCUT2D eigenvalue weighted by Crippen LogP contribution is 2.24. The van der Waals surface area contributed by atoms with Crippen LogP contribution < -0.4 is 16.2 Å². The minimum absolute atomic E-state index is 0.0933. The highest BCUT2D eigenvalue weighted by molar-refractivity contribution is 5.78. The molecule has 0 unspecified atom stereocenters. The Kier molecular flexibility index (Phi) is 4.52. The third kappa shape index (κ3) is 3.48. The highest BCUT2D eigenvalue weighted by atomic mass is 16.2. The van der Waals surface area contributed by atoms with Crippen LogP contribution in [0.15, 0.2) is 36.4 Å². The van der Waals surface area contributed by atoms with Gasteiger partial charge in [0.05, 0.1) is 5.92 Å². The van der Waals surface area contributed by atoms with Crippen LogP contribution >= 0.6 is 0 Å². The average Bonchev–Trinajstić information content (AvgIpc) is 2.61. The Morgan fingerprint density at radius 2 is 2.09 bits per heavy atom. The zero-order valence-electron chi connectivity index (χ0n) is 13.2. The lowest BCUT2D eigenvalue weighted by molar-refractivity contribution is -0.125. The molecule has 0 radical (unpaired) electrons. The number of aryl methyl sites for hydroxylation is 1. The summed E-state index contributed by atoms with van der Waals surface area (Å²) in [6.45, 7) is 3.48. The Morgan fingerprint density at radius 3 is 2.83 bits per heavy atom. The summed E-state index contributed by atoms with van der Waals surface area (Å²) in [5, 5.41) is 0. The van der Waals surface area contributed by atoms with E-state index in [0.29, 0.717) is 12.4 Å². The third-order valence-electron chi connectivity index (χ3n) is 4.13. The Bertz CT molecular complexity index is 689. The molecule has 1 amide bonds. The molecule has 0 aliphatic carbocycles. The molecule has 1 aromatic carbocycles. The maximum atomic E-state index is 11.8. The SMILES string of the molecule is Cc1cc(N2CCC[C@H](C(=O)NN)C2)nc(-c2ccccc2)n1. The number of carbonyl (C=O) groups excluding carboxylic acids is 1. The number of amides is 1. The van der Waals surface area contributed by atoms with Gasteiger partial charge < -0.3 is 4.90 Å². The molecule has 6 nitrogen and oxygen atoms in total. The fourth-order valence-electron chi connectivity index (χ4n) is 2.95. The molecule has 120 valence electrons. The number of piperidine rings is 1. The number of hydrogen-bond donors (Lipinski definition) is 2. The number of hydrogen-bond acceptors (Lipinski definition) is 5. The molecular weight excluding hydrogens is 290 g/mol. The van der Waals surface area contributed by atoms with Crippen LogP contribution in [0, 0.1) is 12.8 Å². The minimum atomic E-state index is -0.108. The zero-order valence-corrected chi connectivity index (χ0v) is 13.2. The van der Waals surface area contributed by atoms with Crippen molar-refractivity contribution in [1.82, 2.24) is 15.4 Å². The van der Waals surface area contributed by atoms with Gasteiger partial charge in [-0.1, -0.05) is 30.3 Å². The van der Waals surface area contributed by atoms with E-state index in [2.05, 4.69) is 15.3 Å². The van der Waals surface area contributed by atoms with E-state index in [0.717, 1.165) is 36.5 Å². The Balaban J connectivity index is 1.88. The zero-order chi connectivity index (χ0) is 16.2. The monoisotopic (exact) mass is 311 g/mol. The van der Waals surface area contributed by atoms with E-state index in [1.165, 1.54) is 0 Å². The van der Waals surface area contributed by atoms with Crippen molar-refractivity contribution in [3.63, 3.8) is 0 Å². The summed E-state index contributed by atoms with van der Waals surface area (Å²) in [7, 11) is 0. The number of benzene rings is 1. The van der Waals surface area contributed by atoms with Gasteiger partial charge in [0.15, 0.2) is 5.82 Å². The van der Waals surface area contributed by atoms with Crippen molar-refractivity contribution in [1.29, 1.82) is 0 Å². The van der Waals surface area contributed by atoms with E-state index in [1.54, 1.807) is 0 Å². The molecule has 23 heavy (non-hydrogen) atoms. The van der Waals surface area contributed by atoms with Crippen LogP contribution in [-0.2, 0) is 4.79 Å². The van der Waals surface area contributed by atoms with Crippen LogP contribution in [-0.4, -0.2) is 29.0 Å². The van der Waals surface area contributed by atoms with Gasteiger partial charge in [0.25, 0.3) is 0 Å². The van der Waals surface area contributed by atoms with Crippen molar-refractivity contribution >= 4 is 11.7 Å². The van der Waals surface area contributed by atoms with Gasteiger partial charge in [-0.3, -0.25) is 10.2 Å². The van der Waals surface area contributed by atoms with E-state index < -0.39 is 0 Å². The Hall–Kier alpha value is -2.47. The van der Waals surface area contributed by atoms with Crippen molar-refractivity contribution in [2.45, 2.75) is 19.8 Å². The lowest BCUT2D eigenvalue weighted by Crippen LogP contribution is -2.45. The molecular formula is C17H21N5O. The molecule has 6 heteroatoms. The van der Waals surface area contributed by atoms with Gasteiger partial charge in [0.2, 0.25) is 5.91 Å². The second-order valence-corrected chi connectivity index (χ2v) is 5.85. The fourth-order valence-corrected chi connectivity index (χ4v) is 2.95. The molecule has 3 rings (SSSR count). The first-order chi connectivity index (χ1) is 11.2. The Labute approximate surface area is 135 Å². The molecule has 0 saturated carbocycles. The van der Waals surface area contributed by atoms with E-state index in [-0.39, 0.29) is 11.8 Å². The van der Waals surface area contributed by atoms with E-state index in [1.807, 2.05) is 43.3 Å². The first kappa shape index (κ1) is 15.4. The van der Waals surface area contributed by atoms with Crippen LogP contribution in [0.3, 0.4) is 0 Å². The second-order valence-electron chi connectivity index (χ2n) is 5.85. The van der Waals surface area contributed by atoms with Crippen molar-refractivity contribution in [2.24, 2.45) is 11.8 Å². The van der Waals surface area contributed by atoms with Gasteiger partial charge in [-0.15, -0.1) is 0 Å². The molecule has 1 aliphatic heterocycles. The summed E-state index contributed by atoms with van der Waals surface area (Å²) in [6, 6.07) is 11.9. The van der Waals surface area contributed by atoms with Gasteiger partial charge in [-0.2, -0.15) is 0 Å². The number of hydrazine groups is 1. The van der Waals surface area contributed by atoms with Gasteiger partial charge in [-0.05, 0) is 19.8 Å². The van der Waals surface area contributed by atoms with Crippen molar-refractivity contribution < 1.29 is 4.79 Å². The van der Waals surface area contributed by atoms with Crippen molar-refractivity contribution in [2.75, 3.05) is 18.0 Å². The van der Waals surface area contributed by atoms with Gasteiger partial charge in [0, 0.05) is 30.4 Å². The minimum Gasteiger partial charge on any atom is -0.356 e. The smallest absolute Gasteiger partial charge is 0.238 e. The Morgan fingerprint density at radius 1 is 1.30 bits per heavy atom. The third-order valence-corrected chi connectivity index (χ3v) is 4.13. The molecule has 1 atom stereocenters. The molecule has 1 saturated heterocycles. The molecule has 1 aromatic heterocycles. The average molecular weight is 311 g/mol. The number of carbonyl (C=O) groups is 1. The summed E-state index contributed by atoms with van der Waals surface area (Å²) < 4.78 is 0. The number of aromatic nitrogens is 2. The van der Waals surface area contributed by atoms with Crippen LogP contribution in [0.1, 0.15) is 18.5 Å². The van der Waals surface area contributed by atoms with E-state index >= 15 is 0 Å². The molecule has 2 heterocycles. The predicted molar refractivity (Wildman–Crippen MR) is 89.5 cm³/mol. The van der Waals surface area contributed by atoms with E-state index in [9.17, 15) is 4.79 Å². The lowest BCUT2D eigenvalue weighted by Gasteiger charge is -2.32. The first-order valence-corrected chi connectivity index (χ1v) is 7.84. The molecule has 0 bridgehead atoms. The van der Waals surface area contributed by atoms with Crippen LogP contribution in [0.2, 0.25) is 0 Å². The predicted octanol–water partition coefficient (Wildman–Crippen LogP) is 1.66. The second kappa shape index (κ2) is 6.75. The van der Waals surface area contributed by atoms with Crippen LogP contribution in [0.4, 0.5) is 5.82 Å². The summed E-state index contributed by atoms with van der Waals surface area (Å²) in [4.78, 5) is 23.2. The fraction of sp³-hybridized carbons (Fsp3) is 0.353.